The summed E-state index contributed by atoms with van der Waals surface area (Å²) in [6.45, 7) is 8.24. The molecule has 0 bridgehead atoms. The van der Waals surface area contributed by atoms with Crippen LogP contribution in [0.2, 0.25) is 0 Å². The molecule has 1 saturated heterocycles. The summed E-state index contributed by atoms with van der Waals surface area (Å²) in [5.41, 5.74) is 3.11. The molecule has 0 amide bonds. The van der Waals surface area contributed by atoms with Crippen molar-refractivity contribution in [1.29, 1.82) is 0 Å². The Morgan fingerprint density at radius 2 is 2.04 bits per heavy atom. The van der Waals surface area contributed by atoms with Crippen LogP contribution in [-0.4, -0.2) is 55.0 Å². The fourth-order valence-electron chi connectivity index (χ4n) is 3.83. The number of morpholine rings is 1. The summed E-state index contributed by atoms with van der Waals surface area (Å²) in [6, 6.07) is 6.30. The lowest BCUT2D eigenvalue weighted by molar-refractivity contribution is 0.122. The lowest BCUT2D eigenvalue weighted by Crippen LogP contribution is -2.36. The second kappa shape index (κ2) is 6.98. The van der Waals surface area contributed by atoms with Gasteiger partial charge in [-0.1, -0.05) is 13.8 Å². The van der Waals surface area contributed by atoms with Gasteiger partial charge in [0, 0.05) is 48.6 Å². The first-order valence-electron chi connectivity index (χ1n) is 9.29. The first-order chi connectivity index (χ1) is 13.0. The Labute approximate surface area is 159 Å². The highest BCUT2D eigenvalue weighted by atomic mass is 16.5. The predicted octanol–water partition coefficient (Wildman–Crippen LogP) is 2.24. The number of ether oxygens (including phenoxy) is 2. The molecule has 2 aliphatic rings. The largest absolute Gasteiger partial charge is 0.494 e. The average molecular weight is 370 g/mol. The number of anilines is 3. The van der Waals surface area contributed by atoms with Crippen LogP contribution in [-0.2, 0) is 16.8 Å². The first-order valence-corrected chi connectivity index (χ1v) is 9.29. The van der Waals surface area contributed by atoms with E-state index in [0.29, 0.717) is 5.82 Å². The number of benzene rings is 1. The van der Waals surface area contributed by atoms with Gasteiger partial charge in [-0.05, 0) is 12.1 Å². The maximum atomic E-state index is 9.45. The smallest absolute Gasteiger partial charge is 0.156 e. The Morgan fingerprint density at radius 1 is 1.26 bits per heavy atom. The third kappa shape index (κ3) is 3.21. The van der Waals surface area contributed by atoms with Crippen molar-refractivity contribution in [2.45, 2.75) is 25.9 Å². The van der Waals surface area contributed by atoms with Crippen molar-refractivity contribution in [3.05, 3.63) is 35.8 Å². The second-order valence-electron chi connectivity index (χ2n) is 7.61. The van der Waals surface area contributed by atoms with Gasteiger partial charge in [0.05, 0.1) is 26.0 Å². The fourth-order valence-corrected chi connectivity index (χ4v) is 3.83. The maximum Gasteiger partial charge on any atom is 0.156 e. The molecule has 2 aromatic rings. The third-order valence-corrected chi connectivity index (χ3v) is 5.33. The van der Waals surface area contributed by atoms with Crippen LogP contribution < -0.4 is 14.5 Å². The van der Waals surface area contributed by atoms with Gasteiger partial charge in [0.1, 0.15) is 18.2 Å². The van der Waals surface area contributed by atoms with E-state index < -0.39 is 0 Å². The highest BCUT2D eigenvalue weighted by molar-refractivity contribution is 5.75. The van der Waals surface area contributed by atoms with Gasteiger partial charge in [-0.3, -0.25) is 0 Å². The van der Waals surface area contributed by atoms with Crippen LogP contribution in [0, 0.1) is 0 Å². The Balaban J connectivity index is 1.73. The summed E-state index contributed by atoms with van der Waals surface area (Å²) in [6.07, 6.45) is 1.84. The normalized spacial score (nSPS) is 18.5. The van der Waals surface area contributed by atoms with Crippen LogP contribution in [0.5, 0.6) is 5.75 Å². The van der Waals surface area contributed by atoms with Gasteiger partial charge in [0.25, 0.3) is 0 Å². The number of methoxy groups -OCH3 is 1. The number of hydrogen-bond donors (Lipinski definition) is 1. The Bertz CT molecular complexity index is 834. The molecule has 0 atom stereocenters. The highest BCUT2D eigenvalue weighted by Crippen LogP contribution is 2.46. The molecule has 1 fully saturated rings. The Kier molecular flexibility index (Phi) is 4.65. The van der Waals surface area contributed by atoms with Gasteiger partial charge in [-0.15, -0.1) is 0 Å². The van der Waals surface area contributed by atoms with Crippen LogP contribution in [0.15, 0.2) is 24.4 Å². The molecule has 7 heteroatoms. The number of aliphatic hydroxyl groups is 1. The summed E-state index contributed by atoms with van der Waals surface area (Å²) in [4.78, 5) is 13.3. The molecule has 4 rings (SSSR count). The molecule has 2 aliphatic heterocycles. The van der Waals surface area contributed by atoms with E-state index >= 15 is 0 Å². The van der Waals surface area contributed by atoms with E-state index in [4.69, 9.17) is 9.47 Å². The summed E-state index contributed by atoms with van der Waals surface area (Å²) in [5.74, 6) is 2.09. The van der Waals surface area contributed by atoms with Crippen molar-refractivity contribution in [2.75, 3.05) is 49.8 Å². The minimum atomic E-state index is -0.172. The molecule has 3 heterocycles. The highest BCUT2D eigenvalue weighted by Gasteiger charge is 2.38. The molecule has 0 saturated carbocycles. The number of nitrogens with zero attached hydrogens (tertiary/aromatic N) is 4. The van der Waals surface area contributed by atoms with E-state index in [-0.39, 0.29) is 12.0 Å². The number of rotatable bonds is 4. The zero-order chi connectivity index (χ0) is 19.0. The van der Waals surface area contributed by atoms with E-state index in [9.17, 15) is 5.11 Å². The molecule has 144 valence electrons. The standard InChI is InChI=1S/C20H26N4O3/c1-20(2)13-24(19-15(20)11-21-18(12-25)22-19)16-5-4-14(10-17(16)26-3)23-6-8-27-9-7-23/h4-5,10-11,25H,6-9,12-13H2,1-3H3. The molecule has 1 aromatic carbocycles. The molecule has 0 unspecified atom stereocenters. The summed E-state index contributed by atoms with van der Waals surface area (Å²) < 4.78 is 11.2. The van der Waals surface area contributed by atoms with E-state index in [1.165, 1.54) is 0 Å². The maximum absolute atomic E-state index is 9.45. The lowest BCUT2D eigenvalue weighted by Gasteiger charge is -2.30. The van der Waals surface area contributed by atoms with Crippen LogP contribution in [0.1, 0.15) is 25.2 Å². The van der Waals surface area contributed by atoms with Gasteiger partial charge in [0.15, 0.2) is 5.82 Å². The summed E-state index contributed by atoms with van der Waals surface area (Å²) in [7, 11) is 1.70. The molecule has 7 nitrogen and oxygen atoms in total. The lowest BCUT2D eigenvalue weighted by atomic mass is 9.89. The van der Waals surface area contributed by atoms with Crippen molar-refractivity contribution >= 4 is 17.2 Å². The number of aliphatic hydroxyl groups excluding tert-OH is 1. The second-order valence-corrected chi connectivity index (χ2v) is 7.61. The van der Waals surface area contributed by atoms with Crippen molar-refractivity contribution < 1.29 is 14.6 Å². The van der Waals surface area contributed by atoms with Gasteiger partial charge >= 0.3 is 0 Å². The average Bonchev–Trinajstić information content (AvgIpc) is 2.98. The van der Waals surface area contributed by atoms with Crippen molar-refractivity contribution in [3.8, 4) is 5.75 Å². The monoisotopic (exact) mass is 370 g/mol. The quantitative estimate of drug-likeness (QED) is 0.885. The molecule has 1 aromatic heterocycles. The molecule has 0 spiro atoms. The molecule has 0 radical (unpaired) electrons. The van der Waals surface area contributed by atoms with Gasteiger partial charge in [-0.25, -0.2) is 9.97 Å². The molecular weight excluding hydrogens is 344 g/mol. The molecular formula is C20H26N4O3. The predicted molar refractivity (Wildman–Crippen MR) is 104 cm³/mol. The summed E-state index contributed by atoms with van der Waals surface area (Å²) >= 11 is 0. The van der Waals surface area contributed by atoms with Crippen molar-refractivity contribution in [3.63, 3.8) is 0 Å². The molecule has 0 aliphatic carbocycles. The zero-order valence-corrected chi connectivity index (χ0v) is 16.1. The number of hydrogen-bond acceptors (Lipinski definition) is 7. The molecule has 27 heavy (non-hydrogen) atoms. The van der Waals surface area contributed by atoms with Crippen LogP contribution in [0.25, 0.3) is 0 Å². The van der Waals surface area contributed by atoms with E-state index in [0.717, 1.165) is 61.4 Å². The fraction of sp³-hybridized carbons (Fsp3) is 0.500. The SMILES string of the molecule is COc1cc(N2CCOCC2)ccc1N1CC(C)(C)c2cnc(CO)nc21. The minimum absolute atomic E-state index is 0.0861. The van der Waals surface area contributed by atoms with E-state index in [1.54, 1.807) is 7.11 Å². The topological polar surface area (TPSA) is 71.0 Å². The van der Waals surface area contributed by atoms with Gasteiger partial charge < -0.3 is 24.4 Å². The van der Waals surface area contributed by atoms with Gasteiger partial charge in [-0.2, -0.15) is 0 Å². The Hall–Kier alpha value is -2.38. The van der Waals surface area contributed by atoms with Crippen LogP contribution in [0.4, 0.5) is 17.2 Å². The number of fused-ring (bicyclic) bond motifs is 1. The van der Waals surface area contributed by atoms with Crippen molar-refractivity contribution in [1.82, 2.24) is 9.97 Å². The van der Waals surface area contributed by atoms with E-state index in [2.05, 4.69) is 51.8 Å². The van der Waals surface area contributed by atoms with Crippen LogP contribution in [0.3, 0.4) is 0 Å². The van der Waals surface area contributed by atoms with Crippen LogP contribution >= 0.6 is 0 Å². The first kappa shape index (κ1) is 18.0. The van der Waals surface area contributed by atoms with Gasteiger partial charge in [0.2, 0.25) is 0 Å². The Morgan fingerprint density at radius 3 is 2.74 bits per heavy atom. The third-order valence-electron chi connectivity index (χ3n) is 5.33. The van der Waals surface area contributed by atoms with E-state index in [1.807, 2.05) is 6.20 Å². The number of aromatic nitrogens is 2. The summed E-state index contributed by atoms with van der Waals surface area (Å²) in [5, 5.41) is 9.45. The molecule has 1 N–H and O–H groups in total. The zero-order valence-electron chi connectivity index (χ0n) is 16.1. The van der Waals surface area contributed by atoms with Crippen molar-refractivity contribution in [2.24, 2.45) is 0 Å². The minimum Gasteiger partial charge on any atom is -0.494 e.